The van der Waals surface area contributed by atoms with Crippen LogP contribution in [0.1, 0.15) is 13.8 Å². The first-order valence-corrected chi connectivity index (χ1v) is 7.61. The third kappa shape index (κ3) is 1.73. The molecule has 4 nitrogen and oxygen atoms in total. The van der Waals surface area contributed by atoms with Crippen LogP contribution in [0, 0.1) is 0 Å². The zero-order chi connectivity index (χ0) is 12.1. The van der Waals surface area contributed by atoms with Crippen LogP contribution < -0.4 is 0 Å². The van der Waals surface area contributed by atoms with Crippen LogP contribution >= 0.6 is 46.0 Å². The van der Waals surface area contributed by atoms with Gasteiger partial charge in [-0.2, -0.15) is 0 Å². The summed E-state index contributed by atoms with van der Waals surface area (Å²) in [6, 6.07) is -0.514. The minimum absolute atomic E-state index is 0.0871. The molecule has 2 rings (SSSR count). The first-order valence-electron chi connectivity index (χ1n) is 4.77. The monoisotopic (exact) mass is 375 g/mol. The Kier molecular flexibility index (Phi) is 3.35. The number of hydrogen-bond donors (Lipinski definition) is 0. The molecule has 2 saturated heterocycles. The van der Waals surface area contributed by atoms with Gasteiger partial charge in [0.15, 0.2) is 0 Å². The second-order valence-electron chi connectivity index (χ2n) is 4.23. The average molecular weight is 376 g/mol. The fourth-order valence-electron chi connectivity index (χ4n) is 2.08. The maximum Gasteiger partial charge on any atom is 0.331 e. The molecule has 0 aromatic rings. The highest BCUT2D eigenvalue weighted by Gasteiger charge is 2.63. The van der Waals surface area contributed by atoms with E-state index in [4.69, 9.17) is 16.3 Å². The highest BCUT2D eigenvalue weighted by molar-refractivity contribution is 14.1. The second-order valence-corrected chi connectivity index (χ2v) is 7.10. The summed E-state index contributed by atoms with van der Waals surface area (Å²) in [5.41, 5.74) is 0. The molecule has 0 spiro atoms. The van der Waals surface area contributed by atoms with Gasteiger partial charge < -0.3 is 9.64 Å². The summed E-state index contributed by atoms with van der Waals surface area (Å²) >= 11 is 9.43. The van der Waals surface area contributed by atoms with Crippen LogP contribution in [0.3, 0.4) is 0 Å². The van der Waals surface area contributed by atoms with E-state index in [1.807, 2.05) is 36.4 Å². The van der Waals surface area contributed by atoms with Gasteiger partial charge in [0.25, 0.3) is 0 Å². The summed E-state index contributed by atoms with van der Waals surface area (Å²) in [5, 5.41) is -0.586. The van der Waals surface area contributed by atoms with E-state index in [9.17, 15) is 9.59 Å². The Morgan fingerprint density at radius 1 is 1.69 bits per heavy atom. The number of β-lactam (4-membered cyclic amide) rings is 1. The number of nitrogens with zero attached hydrogens (tertiary/aromatic N) is 1. The fraction of sp³-hybridized carbons (Fsp3) is 0.778. The van der Waals surface area contributed by atoms with Crippen molar-refractivity contribution in [2.75, 3.05) is 4.61 Å². The van der Waals surface area contributed by atoms with Crippen LogP contribution in [0.2, 0.25) is 0 Å². The van der Waals surface area contributed by atoms with Gasteiger partial charge in [-0.25, -0.2) is 4.79 Å². The molecule has 2 aliphatic rings. The third-order valence-electron chi connectivity index (χ3n) is 2.80. The Hall–Kier alpha value is 0.310. The summed E-state index contributed by atoms with van der Waals surface area (Å²) in [7, 11) is 0. The van der Waals surface area contributed by atoms with Crippen LogP contribution in [0.15, 0.2) is 0 Å². The normalized spacial score (nSPS) is 35.6. The van der Waals surface area contributed by atoms with Gasteiger partial charge in [-0.1, -0.05) is 0 Å². The molecule has 2 aliphatic heterocycles. The topological polar surface area (TPSA) is 46.6 Å². The van der Waals surface area contributed by atoms with E-state index in [2.05, 4.69) is 0 Å². The van der Waals surface area contributed by atoms with Crippen molar-refractivity contribution in [3.63, 3.8) is 0 Å². The summed E-state index contributed by atoms with van der Waals surface area (Å²) in [6.07, 6.45) is 0. The molecule has 0 bridgehead atoms. The maximum atomic E-state index is 11.8. The number of amides is 1. The smallest absolute Gasteiger partial charge is 0.331 e. The lowest BCUT2D eigenvalue weighted by Crippen LogP contribution is -2.63. The molecule has 90 valence electrons. The van der Waals surface area contributed by atoms with Crippen molar-refractivity contribution < 1.29 is 14.3 Å². The zero-order valence-electron chi connectivity index (χ0n) is 8.78. The van der Waals surface area contributed by atoms with Crippen molar-refractivity contribution >= 4 is 57.8 Å². The number of carbonyl (C=O) groups excluding carboxylic acids is 2. The van der Waals surface area contributed by atoms with E-state index in [1.165, 1.54) is 0 Å². The van der Waals surface area contributed by atoms with Gasteiger partial charge in [-0.05, 0) is 36.4 Å². The largest absolute Gasteiger partial charge is 0.453 e. The number of halogens is 2. The molecule has 2 fully saturated rings. The van der Waals surface area contributed by atoms with Crippen LogP contribution in [0.25, 0.3) is 0 Å². The standard InChI is InChI=1S/C9H11ClINO3S/c1-9(2)5(8(14)15-3-11)12-6(13)4(10)7(12)16-9/h4-5,7H,3H2,1-2H3/t4-,5+,7-/m1/s1. The summed E-state index contributed by atoms with van der Waals surface area (Å²) in [6.45, 7) is 3.87. The van der Waals surface area contributed by atoms with Crippen molar-refractivity contribution in [3.05, 3.63) is 0 Å². The molecule has 0 aromatic carbocycles. The SMILES string of the molecule is CC1(C)S[C@@H]2[C@H](Cl)C(=O)N2[C@H]1C(=O)OCI. The quantitative estimate of drug-likeness (QED) is 0.318. The Labute approximate surface area is 117 Å². The van der Waals surface area contributed by atoms with Gasteiger partial charge in [-0.3, -0.25) is 4.79 Å². The third-order valence-corrected chi connectivity index (χ3v) is 5.25. The summed E-state index contributed by atoms with van der Waals surface area (Å²) in [4.78, 5) is 25.0. The van der Waals surface area contributed by atoms with E-state index < -0.39 is 11.4 Å². The minimum atomic E-state index is -0.514. The van der Waals surface area contributed by atoms with Crippen molar-refractivity contribution in [3.8, 4) is 0 Å². The first kappa shape index (κ1) is 12.8. The number of hydrogen-bond acceptors (Lipinski definition) is 4. The molecule has 0 radical (unpaired) electrons. The fourth-order valence-corrected chi connectivity index (χ4v) is 4.31. The van der Waals surface area contributed by atoms with Gasteiger partial charge in [-0.15, -0.1) is 23.4 Å². The predicted molar refractivity (Wildman–Crippen MR) is 70.7 cm³/mol. The van der Waals surface area contributed by atoms with Gasteiger partial charge in [0.05, 0.1) is 0 Å². The van der Waals surface area contributed by atoms with Crippen LogP contribution in [0.5, 0.6) is 0 Å². The number of ether oxygens (including phenoxy) is 1. The van der Waals surface area contributed by atoms with Crippen LogP contribution in [-0.4, -0.2) is 42.9 Å². The van der Waals surface area contributed by atoms with Crippen LogP contribution in [-0.2, 0) is 14.3 Å². The Morgan fingerprint density at radius 3 is 2.88 bits per heavy atom. The zero-order valence-corrected chi connectivity index (χ0v) is 12.5. The van der Waals surface area contributed by atoms with E-state index in [0.29, 0.717) is 4.61 Å². The molecule has 2 heterocycles. The molecule has 0 aliphatic carbocycles. The van der Waals surface area contributed by atoms with Gasteiger partial charge in [0.1, 0.15) is 21.4 Å². The molecule has 0 aromatic heterocycles. The van der Waals surface area contributed by atoms with Gasteiger partial charge >= 0.3 is 5.97 Å². The molecule has 7 heteroatoms. The lowest BCUT2D eigenvalue weighted by atomic mass is 9.98. The lowest BCUT2D eigenvalue weighted by Gasteiger charge is -2.40. The number of fused-ring (bicyclic) bond motifs is 1. The van der Waals surface area contributed by atoms with Crippen LogP contribution in [0.4, 0.5) is 0 Å². The molecular weight excluding hydrogens is 365 g/mol. The molecular formula is C9H11ClINO3S. The number of carbonyl (C=O) groups is 2. The van der Waals surface area contributed by atoms with Crippen molar-refractivity contribution in [2.45, 2.75) is 35.4 Å². The number of thioether (sulfide) groups is 1. The van der Waals surface area contributed by atoms with Crippen molar-refractivity contribution in [2.24, 2.45) is 0 Å². The van der Waals surface area contributed by atoms with E-state index >= 15 is 0 Å². The molecule has 3 atom stereocenters. The van der Waals surface area contributed by atoms with E-state index in [-0.39, 0.29) is 22.0 Å². The van der Waals surface area contributed by atoms with Gasteiger partial charge in [0.2, 0.25) is 5.91 Å². The Balaban J connectivity index is 2.22. The number of esters is 1. The average Bonchev–Trinajstić information content (AvgIpc) is 2.47. The molecule has 0 unspecified atom stereocenters. The van der Waals surface area contributed by atoms with Gasteiger partial charge in [0, 0.05) is 4.75 Å². The Bertz CT molecular complexity index is 352. The highest BCUT2D eigenvalue weighted by Crippen LogP contribution is 2.52. The minimum Gasteiger partial charge on any atom is -0.453 e. The lowest BCUT2D eigenvalue weighted by molar-refractivity contribution is -0.159. The summed E-state index contributed by atoms with van der Waals surface area (Å²) < 4.78 is 4.95. The first-order chi connectivity index (χ1) is 7.40. The molecule has 16 heavy (non-hydrogen) atoms. The maximum absolute atomic E-state index is 11.8. The second kappa shape index (κ2) is 4.20. The van der Waals surface area contributed by atoms with Crippen molar-refractivity contribution in [1.82, 2.24) is 4.90 Å². The summed E-state index contributed by atoms with van der Waals surface area (Å²) in [5.74, 6) is -0.508. The van der Waals surface area contributed by atoms with E-state index in [1.54, 1.807) is 16.7 Å². The predicted octanol–water partition coefficient (Wildman–Crippen LogP) is 1.59. The Morgan fingerprint density at radius 2 is 2.31 bits per heavy atom. The highest BCUT2D eigenvalue weighted by atomic mass is 127. The number of alkyl halides is 2. The number of rotatable bonds is 2. The van der Waals surface area contributed by atoms with E-state index in [0.717, 1.165) is 0 Å². The molecule has 0 N–H and O–H groups in total. The van der Waals surface area contributed by atoms with Crippen molar-refractivity contribution in [1.29, 1.82) is 0 Å². The molecule has 1 amide bonds. The molecule has 0 saturated carbocycles.